The Hall–Kier alpha value is -1.00. The van der Waals surface area contributed by atoms with Gasteiger partial charge in [-0.2, -0.15) is 0 Å². The van der Waals surface area contributed by atoms with Gasteiger partial charge in [0.25, 0.3) is 0 Å². The summed E-state index contributed by atoms with van der Waals surface area (Å²) < 4.78 is 27.0. The third-order valence-electron chi connectivity index (χ3n) is 4.37. The minimum Gasteiger partial charge on any atom is -0.314 e. The molecule has 1 aromatic carbocycles. The first-order chi connectivity index (χ1) is 9.11. The Balaban J connectivity index is 2.22. The molecule has 0 unspecified atom stereocenters. The van der Waals surface area contributed by atoms with Gasteiger partial charge in [0.05, 0.1) is 0 Å². The second-order valence-corrected chi connectivity index (χ2v) is 5.27. The molecular formula is C15H22F2N2. The summed E-state index contributed by atoms with van der Waals surface area (Å²) >= 11 is 0. The van der Waals surface area contributed by atoms with E-state index in [9.17, 15) is 8.78 Å². The van der Waals surface area contributed by atoms with Crippen molar-refractivity contribution in [3.63, 3.8) is 0 Å². The zero-order chi connectivity index (χ0) is 13.9. The molecule has 0 spiro atoms. The molecule has 0 amide bonds. The monoisotopic (exact) mass is 268 g/mol. The van der Waals surface area contributed by atoms with E-state index in [1.165, 1.54) is 18.2 Å². The quantitative estimate of drug-likeness (QED) is 0.903. The van der Waals surface area contributed by atoms with Crippen LogP contribution in [0.1, 0.15) is 32.3 Å². The summed E-state index contributed by atoms with van der Waals surface area (Å²) in [6.45, 7) is 7.48. The molecule has 1 aliphatic heterocycles. The molecule has 1 N–H and O–H groups in total. The summed E-state index contributed by atoms with van der Waals surface area (Å²) in [5, 5.41) is 3.41. The van der Waals surface area contributed by atoms with Crippen LogP contribution in [0.4, 0.5) is 8.78 Å². The van der Waals surface area contributed by atoms with Gasteiger partial charge in [-0.15, -0.1) is 0 Å². The maximum atomic E-state index is 13.8. The second-order valence-electron chi connectivity index (χ2n) is 5.27. The Labute approximate surface area is 113 Å². The average molecular weight is 268 g/mol. The van der Waals surface area contributed by atoms with Crippen LogP contribution in [0.5, 0.6) is 0 Å². The molecule has 1 heterocycles. The fourth-order valence-electron chi connectivity index (χ4n) is 2.95. The summed E-state index contributed by atoms with van der Waals surface area (Å²) in [7, 11) is 0. The zero-order valence-electron chi connectivity index (χ0n) is 11.7. The van der Waals surface area contributed by atoms with Crippen LogP contribution < -0.4 is 5.32 Å². The maximum absolute atomic E-state index is 13.8. The molecule has 1 saturated heterocycles. The molecule has 0 saturated carbocycles. The Morgan fingerprint density at radius 1 is 1.26 bits per heavy atom. The fraction of sp³-hybridized carbons (Fsp3) is 0.600. The van der Waals surface area contributed by atoms with Crippen molar-refractivity contribution in [3.05, 3.63) is 35.4 Å². The Morgan fingerprint density at radius 3 is 2.68 bits per heavy atom. The van der Waals surface area contributed by atoms with Gasteiger partial charge in [-0.05, 0) is 31.0 Å². The van der Waals surface area contributed by atoms with Crippen LogP contribution in [0, 0.1) is 11.6 Å². The molecule has 0 radical (unpaired) electrons. The van der Waals surface area contributed by atoms with Gasteiger partial charge in [0, 0.05) is 37.3 Å². The molecule has 4 heteroatoms. The molecule has 0 atom stereocenters. The van der Waals surface area contributed by atoms with Crippen molar-refractivity contribution in [1.29, 1.82) is 0 Å². The Bertz CT molecular complexity index is 430. The lowest BCUT2D eigenvalue weighted by Gasteiger charge is -2.47. The van der Waals surface area contributed by atoms with E-state index in [1.807, 2.05) is 0 Å². The largest absolute Gasteiger partial charge is 0.314 e. The highest BCUT2D eigenvalue weighted by molar-refractivity contribution is 5.19. The lowest BCUT2D eigenvalue weighted by Crippen LogP contribution is -2.60. The first-order valence-electron chi connectivity index (χ1n) is 7.01. The van der Waals surface area contributed by atoms with Crippen LogP contribution in [0.3, 0.4) is 0 Å². The predicted octanol–water partition coefficient (Wildman–Crippen LogP) is 2.93. The third kappa shape index (κ3) is 2.95. The fourth-order valence-corrected chi connectivity index (χ4v) is 2.95. The van der Waals surface area contributed by atoms with Crippen molar-refractivity contribution in [3.8, 4) is 0 Å². The van der Waals surface area contributed by atoms with Crippen LogP contribution in [0.15, 0.2) is 18.2 Å². The molecule has 0 bridgehead atoms. The normalized spacial score (nSPS) is 19.6. The lowest BCUT2D eigenvalue weighted by molar-refractivity contribution is 0.0437. The molecule has 1 aliphatic rings. The topological polar surface area (TPSA) is 15.3 Å². The van der Waals surface area contributed by atoms with Crippen LogP contribution in [-0.4, -0.2) is 30.1 Å². The number of halogens is 2. The highest BCUT2D eigenvalue weighted by Crippen LogP contribution is 2.28. The van der Waals surface area contributed by atoms with Crippen LogP contribution in [-0.2, 0) is 6.54 Å². The van der Waals surface area contributed by atoms with E-state index in [0.717, 1.165) is 32.5 Å². The van der Waals surface area contributed by atoms with Gasteiger partial charge < -0.3 is 5.32 Å². The van der Waals surface area contributed by atoms with Crippen LogP contribution in [0.25, 0.3) is 0 Å². The molecule has 1 aromatic rings. The molecule has 19 heavy (non-hydrogen) atoms. The number of nitrogens with zero attached hydrogens (tertiary/aromatic N) is 1. The molecule has 2 nitrogen and oxygen atoms in total. The molecule has 0 aromatic heterocycles. The number of nitrogens with one attached hydrogen (secondary N) is 1. The first-order valence-corrected chi connectivity index (χ1v) is 7.01. The molecule has 1 fully saturated rings. The molecule has 0 aliphatic carbocycles. The van der Waals surface area contributed by atoms with Crippen molar-refractivity contribution in [2.75, 3.05) is 19.6 Å². The minimum absolute atomic E-state index is 0.0526. The van der Waals surface area contributed by atoms with Gasteiger partial charge in [0.1, 0.15) is 11.6 Å². The van der Waals surface area contributed by atoms with Gasteiger partial charge in [0.15, 0.2) is 0 Å². The maximum Gasteiger partial charge on any atom is 0.127 e. The summed E-state index contributed by atoms with van der Waals surface area (Å²) in [5.74, 6) is -0.689. The standard InChI is InChI=1S/C15H22F2N2/c1-3-15(4-2)11-18-7-8-19(15)10-12-9-13(16)5-6-14(12)17/h5-6,9,18H,3-4,7-8,10-11H2,1-2H3. The number of hydrogen-bond acceptors (Lipinski definition) is 2. The van der Waals surface area contributed by atoms with Crippen molar-refractivity contribution in [2.24, 2.45) is 0 Å². The summed E-state index contributed by atoms with van der Waals surface area (Å²) in [6, 6.07) is 3.70. The van der Waals surface area contributed by atoms with Crippen molar-refractivity contribution < 1.29 is 8.78 Å². The Morgan fingerprint density at radius 2 is 2.00 bits per heavy atom. The highest BCUT2D eigenvalue weighted by atomic mass is 19.1. The van der Waals surface area contributed by atoms with Crippen molar-refractivity contribution in [1.82, 2.24) is 10.2 Å². The van der Waals surface area contributed by atoms with E-state index in [0.29, 0.717) is 12.1 Å². The summed E-state index contributed by atoms with van der Waals surface area (Å²) in [4.78, 5) is 2.29. The van der Waals surface area contributed by atoms with E-state index in [2.05, 4.69) is 24.1 Å². The summed E-state index contributed by atoms with van der Waals surface area (Å²) in [5.41, 5.74) is 0.505. The number of piperazine rings is 1. The van der Waals surface area contributed by atoms with E-state index in [1.54, 1.807) is 0 Å². The van der Waals surface area contributed by atoms with Gasteiger partial charge >= 0.3 is 0 Å². The number of hydrogen-bond donors (Lipinski definition) is 1. The van der Waals surface area contributed by atoms with Crippen LogP contribution >= 0.6 is 0 Å². The van der Waals surface area contributed by atoms with E-state index < -0.39 is 0 Å². The average Bonchev–Trinajstić information content (AvgIpc) is 2.44. The number of rotatable bonds is 4. The van der Waals surface area contributed by atoms with E-state index >= 15 is 0 Å². The SMILES string of the molecule is CCC1(CC)CNCCN1Cc1cc(F)ccc1F. The van der Waals surface area contributed by atoms with Crippen LogP contribution in [0.2, 0.25) is 0 Å². The zero-order valence-corrected chi connectivity index (χ0v) is 11.7. The molecule has 106 valence electrons. The molecular weight excluding hydrogens is 246 g/mol. The second kappa shape index (κ2) is 5.97. The first kappa shape index (κ1) is 14.4. The van der Waals surface area contributed by atoms with Gasteiger partial charge in [0.2, 0.25) is 0 Å². The predicted molar refractivity (Wildman–Crippen MR) is 73.0 cm³/mol. The smallest absolute Gasteiger partial charge is 0.127 e. The Kier molecular flexibility index (Phi) is 4.53. The number of benzene rings is 1. The third-order valence-corrected chi connectivity index (χ3v) is 4.37. The van der Waals surface area contributed by atoms with Gasteiger partial charge in [-0.25, -0.2) is 8.78 Å². The van der Waals surface area contributed by atoms with Crippen molar-refractivity contribution in [2.45, 2.75) is 38.8 Å². The molecule has 2 rings (SSSR count). The van der Waals surface area contributed by atoms with Crippen molar-refractivity contribution >= 4 is 0 Å². The van der Waals surface area contributed by atoms with E-state index in [4.69, 9.17) is 0 Å². The van der Waals surface area contributed by atoms with Gasteiger partial charge in [-0.3, -0.25) is 4.90 Å². The minimum atomic E-state index is -0.370. The van der Waals surface area contributed by atoms with E-state index in [-0.39, 0.29) is 17.2 Å². The van der Waals surface area contributed by atoms with Gasteiger partial charge in [-0.1, -0.05) is 13.8 Å². The lowest BCUT2D eigenvalue weighted by atomic mass is 9.88. The summed E-state index contributed by atoms with van der Waals surface area (Å²) in [6.07, 6.45) is 2.01. The highest BCUT2D eigenvalue weighted by Gasteiger charge is 2.35.